The van der Waals surface area contributed by atoms with Gasteiger partial charge in [-0.3, -0.25) is 9.36 Å². The number of ether oxygens (including phenoxy) is 1. The van der Waals surface area contributed by atoms with Crippen molar-refractivity contribution in [1.82, 2.24) is 9.55 Å². The van der Waals surface area contributed by atoms with Crippen LogP contribution in [0.15, 0.2) is 34.0 Å². The smallest absolute Gasteiger partial charge is 0.272 e. The van der Waals surface area contributed by atoms with Gasteiger partial charge in [0.05, 0.1) is 17.7 Å². The number of H-pyrrole nitrogens is 1. The summed E-state index contributed by atoms with van der Waals surface area (Å²) in [6, 6.07) is 7.29. The Balaban J connectivity index is 2.20. The SMILES string of the molecule is COc1ccc(-n2c(=S)[nH]c3c(c2=O)SCC3)cc1. The molecule has 1 aliphatic rings. The molecule has 19 heavy (non-hydrogen) atoms. The number of aromatic amines is 1. The van der Waals surface area contributed by atoms with Gasteiger partial charge in [-0.15, -0.1) is 11.8 Å². The fourth-order valence-corrected chi connectivity index (χ4v) is 3.47. The fourth-order valence-electron chi connectivity index (χ4n) is 2.11. The number of aryl methyl sites for hydroxylation is 1. The van der Waals surface area contributed by atoms with E-state index in [1.54, 1.807) is 18.9 Å². The van der Waals surface area contributed by atoms with Gasteiger partial charge in [0.15, 0.2) is 4.77 Å². The van der Waals surface area contributed by atoms with Crippen LogP contribution in [-0.2, 0) is 6.42 Å². The molecule has 0 spiro atoms. The number of fused-ring (bicyclic) bond motifs is 1. The molecule has 3 rings (SSSR count). The minimum absolute atomic E-state index is 0.0357. The molecule has 1 aromatic heterocycles. The number of nitrogens with one attached hydrogen (secondary N) is 1. The lowest BCUT2D eigenvalue weighted by Gasteiger charge is -2.09. The molecule has 1 aromatic carbocycles. The molecular formula is C13H12N2O2S2. The first-order valence-electron chi connectivity index (χ1n) is 5.86. The van der Waals surface area contributed by atoms with Gasteiger partial charge in [-0.05, 0) is 42.9 Å². The summed E-state index contributed by atoms with van der Waals surface area (Å²) < 4.78 is 7.09. The van der Waals surface area contributed by atoms with Gasteiger partial charge in [0.25, 0.3) is 5.56 Å². The summed E-state index contributed by atoms with van der Waals surface area (Å²) in [5.41, 5.74) is 1.68. The van der Waals surface area contributed by atoms with Crippen molar-refractivity contribution in [3.05, 3.63) is 45.1 Å². The highest BCUT2D eigenvalue weighted by Crippen LogP contribution is 2.26. The highest BCUT2D eigenvalue weighted by Gasteiger charge is 2.18. The van der Waals surface area contributed by atoms with E-state index in [1.807, 2.05) is 24.3 Å². The zero-order chi connectivity index (χ0) is 13.4. The summed E-state index contributed by atoms with van der Waals surface area (Å²) in [7, 11) is 1.61. The molecule has 1 N–H and O–H groups in total. The van der Waals surface area contributed by atoms with Gasteiger partial charge in [0.2, 0.25) is 0 Å². The van der Waals surface area contributed by atoms with E-state index in [0.717, 1.165) is 34.2 Å². The Hall–Kier alpha value is -1.53. The van der Waals surface area contributed by atoms with Crippen molar-refractivity contribution in [1.29, 1.82) is 0 Å². The third-order valence-corrected chi connectivity index (χ3v) is 4.46. The molecule has 0 fully saturated rings. The van der Waals surface area contributed by atoms with Crippen LogP contribution in [0.5, 0.6) is 5.75 Å². The zero-order valence-electron chi connectivity index (χ0n) is 10.3. The molecule has 4 nitrogen and oxygen atoms in total. The van der Waals surface area contributed by atoms with E-state index in [4.69, 9.17) is 17.0 Å². The summed E-state index contributed by atoms with van der Waals surface area (Å²) in [6.45, 7) is 0. The van der Waals surface area contributed by atoms with Crippen LogP contribution < -0.4 is 10.3 Å². The average molecular weight is 292 g/mol. The molecule has 0 atom stereocenters. The summed E-state index contributed by atoms with van der Waals surface area (Å²) in [6.07, 6.45) is 0.877. The first kappa shape index (κ1) is 12.5. The third kappa shape index (κ3) is 2.11. The molecule has 2 heterocycles. The lowest BCUT2D eigenvalue weighted by molar-refractivity contribution is 0.414. The number of thioether (sulfide) groups is 1. The fraction of sp³-hybridized carbons (Fsp3) is 0.231. The van der Waals surface area contributed by atoms with Gasteiger partial charge in [-0.2, -0.15) is 0 Å². The summed E-state index contributed by atoms with van der Waals surface area (Å²) >= 11 is 6.87. The van der Waals surface area contributed by atoms with Crippen LogP contribution in [0.1, 0.15) is 5.69 Å². The van der Waals surface area contributed by atoms with Crippen molar-refractivity contribution in [2.75, 3.05) is 12.9 Å². The van der Waals surface area contributed by atoms with E-state index in [9.17, 15) is 4.79 Å². The van der Waals surface area contributed by atoms with E-state index < -0.39 is 0 Å². The second kappa shape index (κ2) is 4.86. The molecule has 2 aromatic rings. The van der Waals surface area contributed by atoms with Crippen molar-refractivity contribution in [2.24, 2.45) is 0 Å². The second-order valence-corrected chi connectivity index (χ2v) is 5.67. The van der Waals surface area contributed by atoms with E-state index in [2.05, 4.69) is 4.98 Å². The number of hydrogen-bond acceptors (Lipinski definition) is 4. The van der Waals surface area contributed by atoms with Crippen molar-refractivity contribution in [3.63, 3.8) is 0 Å². The molecule has 0 unspecified atom stereocenters. The monoisotopic (exact) mass is 292 g/mol. The average Bonchev–Trinajstić information content (AvgIpc) is 2.88. The summed E-state index contributed by atoms with van der Waals surface area (Å²) in [5, 5.41) is 0. The van der Waals surface area contributed by atoms with E-state index >= 15 is 0 Å². The molecule has 0 aliphatic carbocycles. The lowest BCUT2D eigenvalue weighted by atomic mass is 10.3. The minimum Gasteiger partial charge on any atom is -0.497 e. The van der Waals surface area contributed by atoms with Gasteiger partial charge < -0.3 is 9.72 Å². The van der Waals surface area contributed by atoms with Crippen LogP contribution in [0.25, 0.3) is 5.69 Å². The Morgan fingerprint density at radius 1 is 1.37 bits per heavy atom. The number of hydrogen-bond donors (Lipinski definition) is 1. The molecule has 1 aliphatic heterocycles. The molecule has 6 heteroatoms. The van der Waals surface area contributed by atoms with Crippen LogP contribution >= 0.6 is 24.0 Å². The summed E-state index contributed by atoms with van der Waals surface area (Å²) in [5.74, 6) is 1.69. The standard InChI is InChI=1S/C13H12N2O2S2/c1-17-9-4-2-8(3-5-9)15-12(16)11-10(6-7-19-11)14-13(15)18/h2-5H,6-7H2,1H3,(H,14,18). The number of rotatable bonds is 2. The number of benzene rings is 1. The molecule has 0 saturated carbocycles. The predicted molar refractivity (Wildman–Crippen MR) is 78.2 cm³/mol. The van der Waals surface area contributed by atoms with Crippen LogP contribution in [0.2, 0.25) is 0 Å². The van der Waals surface area contributed by atoms with E-state index in [1.165, 1.54) is 4.57 Å². The van der Waals surface area contributed by atoms with Crippen LogP contribution in [0.3, 0.4) is 0 Å². The number of nitrogens with zero attached hydrogens (tertiary/aromatic N) is 1. The quantitative estimate of drug-likeness (QED) is 0.864. The third-order valence-electron chi connectivity index (χ3n) is 3.06. The Morgan fingerprint density at radius 3 is 2.79 bits per heavy atom. The second-order valence-electron chi connectivity index (χ2n) is 4.17. The minimum atomic E-state index is -0.0357. The van der Waals surface area contributed by atoms with Crippen LogP contribution in [-0.4, -0.2) is 22.4 Å². The predicted octanol–water partition coefficient (Wildman–Crippen LogP) is 2.55. The topological polar surface area (TPSA) is 47.0 Å². The molecular weight excluding hydrogens is 280 g/mol. The molecule has 0 radical (unpaired) electrons. The van der Waals surface area contributed by atoms with Gasteiger partial charge in [0.1, 0.15) is 5.75 Å². The lowest BCUT2D eigenvalue weighted by Crippen LogP contribution is -2.22. The van der Waals surface area contributed by atoms with E-state index in [0.29, 0.717) is 4.77 Å². The number of methoxy groups -OCH3 is 1. The van der Waals surface area contributed by atoms with Crippen molar-refractivity contribution in [3.8, 4) is 11.4 Å². The summed E-state index contributed by atoms with van der Waals surface area (Å²) in [4.78, 5) is 16.4. The van der Waals surface area contributed by atoms with Crippen molar-refractivity contribution in [2.45, 2.75) is 11.3 Å². The van der Waals surface area contributed by atoms with Crippen LogP contribution in [0.4, 0.5) is 0 Å². The van der Waals surface area contributed by atoms with Crippen molar-refractivity contribution < 1.29 is 4.74 Å². The van der Waals surface area contributed by atoms with E-state index in [-0.39, 0.29) is 5.56 Å². The zero-order valence-corrected chi connectivity index (χ0v) is 11.9. The van der Waals surface area contributed by atoms with Gasteiger partial charge in [0, 0.05) is 11.4 Å². The first-order valence-corrected chi connectivity index (χ1v) is 7.25. The van der Waals surface area contributed by atoms with Crippen molar-refractivity contribution >= 4 is 24.0 Å². The Bertz CT molecular complexity index is 732. The largest absolute Gasteiger partial charge is 0.497 e. The Morgan fingerprint density at radius 2 is 2.11 bits per heavy atom. The highest BCUT2D eigenvalue weighted by molar-refractivity contribution is 7.99. The maximum Gasteiger partial charge on any atom is 0.272 e. The maximum atomic E-state index is 12.5. The van der Waals surface area contributed by atoms with Crippen LogP contribution in [0, 0.1) is 4.77 Å². The van der Waals surface area contributed by atoms with Gasteiger partial charge in [-0.1, -0.05) is 0 Å². The highest BCUT2D eigenvalue weighted by atomic mass is 32.2. The molecule has 0 saturated heterocycles. The first-order chi connectivity index (χ1) is 9.20. The maximum absolute atomic E-state index is 12.5. The Labute approximate surface area is 119 Å². The molecule has 0 bridgehead atoms. The molecule has 98 valence electrons. The Kier molecular flexibility index (Phi) is 3.20. The normalized spacial score (nSPS) is 13.3. The number of aromatic nitrogens is 2. The van der Waals surface area contributed by atoms with Gasteiger partial charge in [-0.25, -0.2) is 0 Å². The van der Waals surface area contributed by atoms with Gasteiger partial charge >= 0.3 is 0 Å². The molecule has 0 amide bonds.